The highest BCUT2D eigenvalue weighted by Crippen LogP contribution is 2.42. The lowest BCUT2D eigenvalue weighted by molar-refractivity contribution is -0.118. The highest BCUT2D eigenvalue weighted by molar-refractivity contribution is 9.10. The number of para-hydroxylation sites is 1. The van der Waals surface area contributed by atoms with E-state index in [4.69, 9.17) is 21.1 Å². The van der Waals surface area contributed by atoms with Crippen LogP contribution < -0.4 is 26.0 Å². The molecule has 1 amide bonds. The number of anilines is 1. The number of amides is 1. The molecule has 36 heavy (non-hydrogen) atoms. The lowest BCUT2D eigenvalue weighted by atomic mass is 10.2. The van der Waals surface area contributed by atoms with Gasteiger partial charge >= 0.3 is 5.69 Å². The van der Waals surface area contributed by atoms with E-state index in [9.17, 15) is 18.8 Å². The van der Waals surface area contributed by atoms with Crippen molar-refractivity contribution >= 4 is 56.2 Å². The Morgan fingerprint density at radius 2 is 2.00 bits per heavy atom. The van der Waals surface area contributed by atoms with Gasteiger partial charge in [0.2, 0.25) is 0 Å². The van der Waals surface area contributed by atoms with Crippen molar-refractivity contribution < 1.29 is 18.7 Å². The average Bonchev–Trinajstić information content (AvgIpc) is 2.85. The van der Waals surface area contributed by atoms with Gasteiger partial charge in [-0.1, -0.05) is 29.8 Å². The fourth-order valence-corrected chi connectivity index (χ4v) is 3.92. The Kier molecular flexibility index (Phi) is 7.51. The predicted octanol–water partition coefficient (Wildman–Crippen LogP) is 4.15. The molecule has 0 bridgehead atoms. The molecule has 0 unspecified atom stereocenters. The molecule has 0 aliphatic carbocycles. The summed E-state index contributed by atoms with van der Waals surface area (Å²) in [6.07, 6.45) is 1.25. The lowest BCUT2D eigenvalue weighted by Gasteiger charge is -2.15. The van der Waals surface area contributed by atoms with E-state index in [0.29, 0.717) is 25.6 Å². The Hall–Kier alpha value is -3.96. The first-order chi connectivity index (χ1) is 17.3. The number of carbonyl (C=O) groups excluding carboxylic acids is 1. The largest absolute Gasteiger partial charge is 0.493 e. The Morgan fingerprint density at radius 1 is 1.22 bits per heavy atom. The van der Waals surface area contributed by atoms with Crippen molar-refractivity contribution in [1.29, 1.82) is 0 Å². The van der Waals surface area contributed by atoms with Gasteiger partial charge in [-0.3, -0.25) is 9.59 Å². The maximum absolute atomic E-state index is 13.3. The summed E-state index contributed by atoms with van der Waals surface area (Å²) in [7, 11) is 1.37. The second-order valence-corrected chi connectivity index (χ2v) is 8.48. The van der Waals surface area contributed by atoms with E-state index in [0.717, 1.165) is 0 Å². The van der Waals surface area contributed by atoms with Crippen LogP contribution in [-0.2, 0) is 4.79 Å². The fourth-order valence-electron chi connectivity index (χ4n) is 3.26. The van der Waals surface area contributed by atoms with E-state index < -0.39 is 29.6 Å². The van der Waals surface area contributed by atoms with E-state index >= 15 is 0 Å². The summed E-state index contributed by atoms with van der Waals surface area (Å²) in [4.78, 5) is 39.9. The van der Waals surface area contributed by atoms with Gasteiger partial charge in [-0.05, 0) is 52.3 Å². The minimum absolute atomic E-state index is 0.0640. The Morgan fingerprint density at radius 3 is 2.75 bits per heavy atom. The third-order valence-electron chi connectivity index (χ3n) is 4.93. The van der Waals surface area contributed by atoms with Gasteiger partial charge in [0, 0.05) is 15.7 Å². The van der Waals surface area contributed by atoms with E-state index in [1.807, 2.05) is 0 Å². The first kappa shape index (κ1) is 25.1. The number of nitrogens with zero attached hydrogens (tertiary/aromatic N) is 2. The third kappa shape index (κ3) is 5.31. The van der Waals surface area contributed by atoms with E-state index in [1.54, 1.807) is 24.3 Å². The van der Waals surface area contributed by atoms with Crippen LogP contribution in [0.25, 0.3) is 10.9 Å². The molecule has 0 saturated carbocycles. The maximum Gasteiger partial charge on any atom is 0.349 e. The highest BCUT2D eigenvalue weighted by Gasteiger charge is 2.18. The molecule has 1 aromatic heterocycles. The number of fused-ring (bicyclic) bond motifs is 1. The van der Waals surface area contributed by atoms with Gasteiger partial charge in [0.15, 0.2) is 18.1 Å². The molecule has 0 saturated heterocycles. The van der Waals surface area contributed by atoms with Crippen LogP contribution in [0.2, 0.25) is 5.02 Å². The van der Waals surface area contributed by atoms with Crippen LogP contribution in [-0.4, -0.2) is 35.5 Å². The summed E-state index contributed by atoms with van der Waals surface area (Å²) in [6, 6.07) is 13.5. The van der Waals surface area contributed by atoms with Gasteiger partial charge < -0.3 is 19.8 Å². The van der Waals surface area contributed by atoms with Gasteiger partial charge in [-0.2, -0.15) is 5.10 Å². The van der Waals surface area contributed by atoms with Crippen LogP contribution in [0.4, 0.5) is 10.1 Å². The number of H-pyrrole nitrogens is 1. The van der Waals surface area contributed by atoms with Crippen molar-refractivity contribution in [1.82, 2.24) is 9.66 Å². The normalized spacial score (nSPS) is 11.1. The van der Waals surface area contributed by atoms with Crippen molar-refractivity contribution in [2.75, 3.05) is 19.0 Å². The fraction of sp³-hybridized carbons (Fsp3) is 0.0833. The van der Waals surface area contributed by atoms with Crippen LogP contribution in [0.3, 0.4) is 0 Å². The molecule has 1 heterocycles. The third-order valence-corrected chi connectivity index (χ3v) is 6.37. The molecule has 4 aromatic rings. The molecule has 0 aliphatic rings. The first-order valence-electron chi connectivity index (χ1n) is 10.3. The summed E-state index contributed by atoms with van der Waals surface area (Å²) < 4.78 is 25.2. The molecule has 12 heteroatoms. The van der Waals surface area contributed by atoms with Crippen molar-refractivity contribution in [3.05, 3.63) is 96.3 Å². The Labute approximate surface area is 216 Å². The quantitative estimate of drug-likeness (QED) is 0.321. The van der Waals surface area contributed by atoms with E-state index in [-0.39, 0.29) is 22.2 Å². The summed E-state index contributed by atoms with van der Waals surface area (Å²) >= 11 is 9.78. The Balaban J connectivity index is 1.59. The molecule has 0 aliphatic heterocycles. The second kappa shape index (κ2) is 10.8. The minimum Gasteiger partial charge on any atom is -0.493 e. The molecular formula is C24H17BrClFN4O5. The monoisotopic (exact) mass is 574 g/mol. The first-order valence-corrected chi connectivity index (χ1v) is 11.5. The molecule has 9 nitrogen and oxygen atoms in total. The van der Waals surface area contributed by atoms with Crippen molar-refractivity contribution in [2.45, 2.75) is 0 Å². The zero-order valence-electron chi connectivity index (χ0n) is 18.6. The van der Waals surface area contributed by atoms with E-state index in [1.165, 1.54) is 43.7 Å². The molecule has 0 spiro atoms. The van der Waals surface area contributed by atoms with Crippen molar-refractivity contribution in [3.8, 4) is 11.5 Å². The summed E-state index contributed by atoms with van der Waals surface area (Å²) in [5.41, 5.74) is -0.272. The number of halogens is 3. The summed E-state index contributed by atoms with van der Waals surface area (Å²) in [5.74, 6) is -0.802. The molecule has 4 rings (SSSR count). The number of aromatic amines is 1. The smallest absolute Gasteiger partial charge is 0.349 e. The topological polar surface area (TPSA) is 115 Å². The summed E-state index contributed by atoms with van der Waals surface area (Å²) in [5, 5.41) is 6.89. The van der Waals surface area contributed by atoms with Crippen LogP contribution in [0.1, 0.15) is 5.56 Å². The number of hydrogen-bond donors (Lipinski definition) is 2. The minimum atomic E-state index is -0.714. The predicted molar refractivity (Wildman–Crippen MR) is 138 cm³/mol. The van der Waals surface area contributed by atoms with Crippen LogP contribution in [0, 0.1) is 5.82 Å². The molecule has 0 radical (unpaired) electrons. The van der Waals surface area contributed by atoms with Gasteiger partial charge in [0.05, 0.1) is 24.2 Å². The van der Waals surface area contributed by atoms with Crippen LogP contribution in [0.15, 0.2) is 73.8 Å². The van der Waals surface area contributed by atoms with Gasteiger partial charge in [-0.25, -0.2) is 9.18 Å². The average molecular weight is 576 g/mol. The van der Waals surface area contributed by atoms with Gasteiger partial charge in [0.1, 0.15) is 10.8 Å². The summed E-state index contributed by atoms with van der Waals surface area (Å²) in [6.45, 7) is -0.436. The number of hydrogen-bond acceptors (Lipinski definition) is 6. The molecule has 3 aromatic carbocycles. The molecule has 184 valence electrons. The molecule has 2 N–H and O–H groups in total. The van der Waals surface area contributed by atoms with Crippen LogP contribution >= 0.6 is 27.5 Å². The molecular weight excluding hydrogens is 559 g/mol. The standard InChI is InChI=1S/C24H17BrClFN4O5/c1-35-18-9-13(11-28-31-23(33)16-7-2-3-8-17(16)30-24(31)34)20(25)21(26)22(18)36-12-19(32)29-15-6-4-5-14(27)10-15/h2-11H,12H2,1H3,(H,29,32)(H,30,34). The second-order valence-electron chi connectivity index (χ2n) is 7.31. The maximum atomic E-state index is 13.3. The number of aromatic nitrogens is 2. The van der Waals surface area contributed by atoms with E-state index in [2.05, 4.69) is 31.3 Å². The van der Waals surface area contributed by atoms with Gasteiger partial charge in [-0.15, -0.1) is 4.68 Å². The number of benzene rings is 3. The van der Waals surface area contributed by atoms with Gasteiger partial charge in [0.25, 0.3) is 11.5 Å². The number of carbonyl (C=O) groups is 1. The number of nitrogens with one attached hydrogen (secondary N) is 2. The zero-order valence-corrected chi connectivity index (χ0v) is 20.9. The zero-order chi connectivity index (χ0) is 25.8. The number of ether oxygens (including phenoxy) is 2. The highest BCUT2D eigenvalue weighted by atomic mass is 79.9. The van der Waals surface area contributed by atoms with Crippen LogP contribution in [0.5, 0.6) is 11.5 Å². The number of methoxy groups -OCH3 is 1. The molecule has 0 fully saturated rings. The number of rotatable bonds is 7. The Bertz CT molecular complexity index is 1620. The SMILES string of the molecule is COc1cc(C=Nn2c(=O)[nH]c3ccccc3c2=O)c(Br)c(Cl)c1OCC(=O)Nc1cccc(F)c1. The van der Waals surface area contributed by atoms with Crippen molar-refractivity contribution in [3.63, 3.8) is 0 Å². The van der Waals surface area contributed by atoms with Crippen molar-refractivity contribution in [2.24, 2.45) is 5.10 Å². The molecule has 0 atom stereocenters. The lowest BCUT2D eigenvalue weighted by Crippen LogP contribution is -2.32.